The van der Waals surface area contributed by atoms with Gasteiger partial charge in [0.05, 0.1) is 11.1 Å². The zero-order chi connectivity index (χ0) is 23.0. The van der Waals surface area contributed by atoms with Crippen LogP contribution in [0.1, 0.15) is 47.2 Å². The highest BCUT2D eigenvalue weighted by Crippen LogP contribution is 2.27. The molecule has 1 fully saturated rings. The van der Waals surface area contributed by atoms with Crippen LogP contribution in [0.4, 0.5) is 5.82 Å². The van der Waals surface area contributed by atoms with Gasteiger partial charge in [0.15, 0.2) is 5.82 Å². The molecule has 0 unspecified atom stereocenters. The number of piperidine rings is 1. The molecule has 1 saturated heterocycles. The minimum atomic E-state index is -0.136. The van der Waals surface area contributed by atoms with Crippen molar-refractivity contribution in [1.82, 2.24) is 15.2 Å². The summed E-state index contributed by atoms with van der Waals surface area (Å²) in [4.78, 5) is 19.5. The van der Waals surface area contributed by atoms with E-state index in [9.17, 15) is 4.79 Å². The molecule has 2 heterocycles. The summed E-state index contributed by atoms with van der Waals surface area (Å²) in [6.07, 6.45) is 6.44. The molecule has 33 heavy (non-hydrogen) atoms. The number of halogens is 1. The fraction of sp³-hybridized carbons (Fsp3) is 0.308. The topological polar surface area (TPSA) is 81.4 Å². The highest BCUT2D eigenvalue weighted by molar-refractivity contribution is 6.31. The Labute approximate surface area is 198 Å². The molecule has 1 aliphatic rings. The first-order valence-corrected chi connectivity index (χ1v) is 11.6. The average molecular weight is 460 g/mol. The van der Waals surface area contributed by atoms with Crippen molar-refractivity contribution in [2.75, 3.05) is 26.2 Å². The average Bonchev–Trinajstić information content (AvgIpc) is 2.85. The van der Waals surface area contributed by atoms with Gasteiger partial charge in [-0.25, -0.2) is 10.5 Å². The standard InChI is InChI=1S/C26H26ClN5O/c27-21-11-9-20-18-30-25(31-28)23(24(20)17-21)12-10-19-7-2-3-8-22(19)26(33)29-13-6-16-32-14-4-1-5-15-32/h2-3,7-9,11,17-18,28H,1,4-6,13-16H2,(H,29,33). The molecule has 4 rings (SSSR count). The SMILES string of the molecule is N=Nc1ncc2ccc(Cl)cc2c1C#Cc1ccccc1C(=O)NCCCN1CCCCC1. The van der Waals surface area contributed by atoms with E-state index in [4.69, 9.17) is 17.1 Å². The Bertz CT molecular complexity index is 1220. The number of aromatic nitrogens is 1. The van der Waals surface area contributed by atoms with Gasteiger partial charge in [0, 0.05) is 34.1 Å². The second-order valence-corrected chi connectivity index (χ2v) is 8.54. The summed E-state index contributed by atoms with van der Waals surface area (Å²) in [6.45, 7) is 3.96. The minimum absolute atomic E-state index is 0.136. The summed E-state index contributed by atoms with van der Waals surface area (Å²) < 4.78 is 0. The van der Waals surface area contributed by atoms with Crippen LogP contribution >= 0.6 is 11.6 Å². The van der Waals surface area contributed by atoms with Crippen LogP contribution in [0.2, 0.25) is 5.02 Å². The lowest BCUT2D eigenvalue weighted by Gasteiger charge is -2.26. The molecule has 0 spiro atoms. The molecular formula is C26H26ClN5O. The molecule has 0 saturated carbocycles. The molecule has 0 aliphatic carbocycles. The van der Waals surface area contributed by atoms with Crippen molar-refractivity contribution in [2.45, 2.75) is 25.7 Å². The van der Waals surface area contributed by atoms with Gasteiger partial charge >= 0.3 is 0 Å². The maximum Gasteiger partial charge on any atom is 0.252 e. The van der Waals surface area contributed by atoms with Crippen molar-refractivity contribution in [3.63, 3.8) is 0 Å². The van der Waals surface area contributed by atoms with E-state index in [0.717, 1.165) is 36.8 Å². The van der Waals surface area contributed by atoms with E-state index in [-0.39, 0.29) is 11.7 Å². The number of hydrogen-bond donors (Lipinski definition) is 2. The molecule has 3 aromatic rings. The zero-order valence-corrected chi connectivity index (χ0v) is 19.2. The van der Waals surface area contributed by atoms with Crippen LogP contribution in [0.25, 0.3) is 10.8 Å². The predicted octanol–water partition coefficient (Wildman–Crippen LogP) is 5.56. The molecule has 2 aromatic carbocycles. The quantitative estimate of drug-likeness (QED) is 0.288. The molecular weight excluding hydrogens is 434 g/mol. The van der Waals surface area contributed by atoms with Crippen LogP contribution in [-0.2, 0) is 0 Å². The third-order valence-corrected chi connectivity index (χ3v) is 6.05. The van der Waals surface area contributed by atoms with Gasteiger partial charge in [-0.05, 0) is 63.2 Å². The van der Waals surface area contributed by atoms with Gasteiger partial charge in [-0.1, -0.05) is 48.1 Å². The van der Waals surface area contributed by atoms with E-state index in [1.807, 2.05) is 24.3 Å². The van der Waals surface area contributed by atoms with Gasteiger partial charge in [-0.2, -0.15) is 0 Å². The number of carbonyl (C=O) groups excluding carboxylic acids is 1. The second kappa shape index (κ2) is 11.0. The van der Waals surface area contributed by atoms with Gasteiger partial charge in [0.25, 0.3) is 5.91 Å². The number of nitrogens with zero attached hydrogens (tertiary/aromatic N) is 3. The van der Waals surface area contributed by atoms with Gasteiger partial charge in [0.2, 0.25) is 0 Å². The number of hydrogen-bond acceptors (Lipinski definition) is 5. The molecule has 1 amide bonds. The molecule has 0 atom stereocenters. The molecule has 7 heteroatoms. The number of carbonyl (C=O) groups is 1. The molecule has 6 nitrogen and oxygen atoms in total. The number of fused-ring (bicyclic) bond motifs is 1. The fourth-order valence-electron chi connectivity index (χ4n) is 4.08. The lowest BCUT2D eigenvalue weighted by Crippen LogP contribution is -2.33. The van der Waals surface area contributed by atoms with E-state index in [1.165, 1.54) is 19.3 Å². The monoisotopic (exact) mass is 459 g/mol. The van der Waals surface area contributed by atoms with Crippen LogP contribution in [0.3, 0.4) is 0 Å². The third-order valence-electron chi connectivity index (χ3n) is 5.82. The molecule has 0 radical (unpaired) electrons. The summed E-state index contributed by atoms with van der Waals surface area (Å²) >= 11 is 6.18. The number of amides is 1. The zero-order valence-electron chi connectivity index (χ0n) is 18.4. The predicted molar refractivity (Wildman–Crippen MR) is 131 cm³/mol. The van der Waals surface area contributed by atoms with Crippen LogP contribution in [-0.4, -0.2) is 42.0 Å². The first-order valence-electron chi connectivity index (χ1n) is 11.2. The summed E-state index contributed by atoms with van der Waals surface area (Å²) in [5, 5.41) is 8.74. The number of likely N-dealkylation sites (tertiary alicyclic amines) is 1. The van der Waals surface area contributed by atoms with E-state index in [2.05, 4.69) is 32.2 Å². The van der Waals surface area contributed by atoms with E-state index >= 15 is 0 Å². The van der Waals surface area contributed by atoms with Crippen molar-refractivity contribution in [3.8, 4) is 11.8 Å². The Kier molecular flexibility index (Phi) is 7.66. The fourth-order valence-corrected chi connectivity index (χ4v) is 4.26. The third kappa shape index (κ3) is 5.75. The molecule has 1 aliphatic heterocycles. The van der Waals surface area contributed by atoms with Crippen molar-refractivity contribution < 1.29 is 4.79 Å². The molecule has 2 N–H and O–H groups in total. The number of pyridine rings is 1. The maximum atomic E-state index is 12.8. The lowest BCUT2D eigenvalue weighted by molar-refractivity contribution is 0.0951. The Morgan fingerprint density at radius 3 is 2.79 bits per heavy atom. The highest BCUT2D eigenvalue weighted by atomic mass is 35.5. The van der Waals surface area contributed by atoms with Crippen molar-refractivity contribution in [1.29, 1.82) is 5.53 Å². The van der Waals surface area contributed by atoms with Crippen LogP contribution in [0.15, 0.2) is 53.8 Å². The van der Waals surface area contributed by atoms with Gasteiger partial charge < -0.3 is 10.2 Å². The Balaban J connectivity index is 1.51. The van der Waals surface area contributed by atoms with Gasteiger partial charge in [-0.3, -0.25) is 4.79 Å². The van der Waals surface area contributed by atoms with E-state index in [1.54, 1.807) is 24.4 Å². The van der Waals surface area contributed by atoms with Gasteiger partial charge in [0.1, 0.15) is 0 Å². The highest BCUT2D eigenvalue weighted by Gasteiger charge is 2.12. The minimum Gasteiger partial charge on any atom is -0.352 e. The van der Waals surface area contributed by atoms with Crippen molar-refractivity contribution in [2.24, 2.45) is 5.11 Å². The summed E-state index contributed by atoms with van der Waals surface area (Å²) in [6, 6.07) is 12.7. The smallest absolute Gasteiger partial charge is 0.252 e. The van der Waals surface area contributed by atoms with Crippen LogP contribution < -0.4 is 5.32 Å². The summed E-state index contributed by atoms with van der Waals surface area (Å²) in [5.41, 5.74) is 9.12. The molecule has 0 bridgehead atoms. The number of nitrogens with one attached hydrogen (secondary N) is 2. The summed E-state index contributed by atoms with van der Waals surface area (Å²) in [7, 11) is 0. The Hall–Kier alpha value is -3.27. The largest absolute Gasteiger partial charge is 0.352 e. The Morgan fingerprint density at radius 1 is 1.15 bits per heavy atom. The summed E-state index contributed by atoms with van der Waals surface area (Å²) in [5.74, 6) is 6.26. The van der Waals surface area contributed by atoms with Crippen LogP contribution in [0.5, 0.6) is 0 Å². The van der Waals surface area contributed by atoms with Gasteiger partial charge in [-0.15, -0.1) is 5.11 Å². The first-order chi connectivity index (χ1) is 16.2. The first kappa shape index (κ1) is 22.9. The van der Waals surface area contributed by atoms with Crippen molar-refractivity contribution in [3.05, 3.63) is 70.4 Å². The molecule has 1 aromatic heterocycles. The van der Waals surface area contributed by atoms with E-state index < -0.39 is 0 Å². The molecule has 168 valence electrons. The van der Waals surface area contributed by atoms with Crippen molar-refractivity contribution >= 4 is 34.1 Å². The normalized spacial score (nSPS) is 13.8. The number of rotatable bonds is 6. The second-order valence-electron chi connectivity index (χ2n) is 8.11. The Morgan fingerprint density at radius 2 is 1.97 bits per heavy atom. The lowest BCUT2D eigenvalue weighted by atomic mass is 10.0. The number of benzene rings is 2. The maximum absolute atomic E-state index is 12.8. The van der Waals surface area contributed by atoms with E-state index in [0.29, 0.717) is 28.3 Å². The van der Waals surface area contributed by atoms with Crippen LogP contribution in [0, 0.1) is 17.4 Å².